The van der Waals surface area contributed by atoms with Crippen LogP contribution in [0, 0.1) is 6.92 Å². The first-order chi connectivity index (χ1) is 12.5. The highest BCUT2D eigenvalue weighted by molar-refractivity contribution is 7.92. The summed E-state index contributed by atoms with van der Waals surface area (Å²) < 4.78 is 32.7. The highest BCUT2D eigenvalue weighted by Crippen LogP contribution is 2.17. The third-order valence-electron chi connectivity index (χ3n) is 4.15. The van der Waals surface area contributed by atoms with Crippen LogP contribution in [0.2, 0.25) is 0 Å². The Bertz CT molecular complexity index is 819. The molecule has 1 fully saturated rings. The Hall–Kier alpha value is -2.16. The lowest BCUT2D eigenvalue weighted by Gasteiger charge is -2.26. The number of rotatable bonds is 7. The van der Waals surface area contributed by atoms with E-state index in [0.717, 1.165) is 50.8 Å². The van der Waals surface area contributed by atoms with Gasteiger partial charge in [0.15, 0.2) is 0 Å². The fourth-order valence-electron chi connectivity index (χ4n) is 2.72. The molecule has 26 heavy (non-hydrogen) atoms. The second kappa shape index (κ2) is 8.48. The number of sulfonamides is 1. The molecule has 0 unspecified atom stereocenters. The Kier molecular flexibility index (Phi) is 6.08. The van der Waals surface area contributed by atoms with Gasteiger partial charge in [0.05, 0.1) is 30.0 Å². The van der Waals surface area contributed by atoms with Crippen molar-refractivity contribution < 1.29 is 13.2 Å². The summed E-state index contributed by atoms with van der Waals surface area (Å²) in [4.78, 5) is 6.85. The van der Waals surface area contributed by atoms with Crippen molar-refractivity contribution in [1.29, 1.82) is 0 Å². The van der Waals surface area contributed by atoms with Crippen molar-refractivity contribution in [3.63, 3.8) is 0 Å². The number of nitrogens with zero attached hydrogens (tertiary/aromatic N) is 2. The van der Waals surface area contributed by atoms with Crippen molar-refractivity contribution in [2.24, 2.45) is 0 Å². The number of morpholine rings is 1. The molecule has 8 heteroatoms. The molecule has 140 valence electrons. The van der Waals surface area contributed by atoms with Crippen LogP contribution in [0.5, 0.6) is 0 Å². The molecule has 7 nitrogen and oxygen atoms in total. The van der Waals surface area contributed by atoms with Crippen LogP contribution < -0.4 is 10.0 Å². The van der Waals surface area contributed by atoms with Crippen molar-refractivity contribution in [2.45, 2.75) is 11.8 Å². The van der Waals surface area contributed by atoms with E-state index in [1.54, 1.807) is 30.3 Å². The molecule has 1 aliphatic rings. The number of anilines is 2. The Morgan fingerprint density at radius 2 is 2.00 bits per heavy atom. The Labute approximate surface area is 154 Å². The zero-order chi connectivity index (χ0) is 18.4. The van der Waals surface area contributed by atoms with E-state index in [2.05, 4.69) is 19.9 Å². The lowest BCUT2D eigenvalue weighted by Crippen LogP contribution is -2.39. The predicted molar refractivity (Wildman–Crippen MR) is 102 cm³/mol. The van der Waals surface area contributed by atoms with Crippen molar-refractivity contribution in [2.75, 3.05) is 49.4 Å². The molecule has 1 aliphatic heterocycles. The predicted octanol–water partition coefficient (Wildman–Crippen LogP) is 1.93. The lowest BCUT2D eigenvalue weighted by molar-refractivity contribution is 0.0398. The average molecular weight is 376 g/mol. The van der Waals surface area contributed by atoms with Crippen LogP contribution in [-0.4, -0.2) is 57.7 Å². The molecule has 1 saturated heterocycles. The summed E-state index contributed by atoms with van der Waals surface area (Å²) in [6, 6.07) is 10.3. The number of aromatic nitrogens is 1. The number of aryl methyl sites for hydroxylation is 1. The summed E-state index contributed by atoms with van der Waals surface area (Å²) in [5.74, 6) is 0.719. The molecule has 0 saturated carbocycles. The SMILES string of the molecule is Cc1cccc(S(=O)(=O)Nc2ccc(NCCN3CCOCC3)nc2)c1. The molecule has 0 aliphatic carbocycles. The second-order valence-electron chi connectivity index (χ2n) is 6.23. The molecule has 1 aromatic carbocycles. The molecule has 2 aromatic rings. The molecule has 3 rings (SSSR count). The van der Waals surface area contributed by atoms with Crippen molar-refractivity contribution in [1.82, 2.24) is 9.88 Å². The molecule has 0 bridgehead atoms. The quantitative estimate of drug-likeness (QED) is 0.768. The normalized spacial score (nSPS) is 15.6. The van der Waals surface area contributed by atoms with Gasteiger partial charge in [-0.3, -0.25) is 9.62 Å². The number of nitrogens with one attached hydrogen (secondary N) is 2. The van der Waals surface area contributed by atoms with Gasteiger partial charge in [-0.2, -0.15) is 0 Å². The molecule has 0 amide bonds. The standard InChI is InChI=1S/C18H24N4O3S/c1-15-3-2-4-17(13-15)26(23,24)21-16-5-6-18(20-14-16)19-7-8-22-9-11-25-12-10-22/h2-6,13-14,21H,7-12H2,1H3,(H,19,20). The monoisotopic (exact) mass is 376 g/mol. The maximum absolute atomic E-state index is 12.4. The van der Waals surface area contributed by atoms with E-state index in [4.69, 9.17) is 4.74 Å². The molecular weight excluding hydrogens is 352 g/mol. The van der Waals surface area contributed by atoms with E-state index >= 15 is 0 Å². The highest BCUT2D eigenvalue weighted by atomic mass is 32.2. The minimum Gasteiger partial charge on any atom is -0.379 e. The maximum atomic E-state index is 12.4. The summed E-state index contributed by atoms with van der Waals surface area (Å²) in [6.45, 7) is 7.04. The third-order valence-corrected chi connectivity index (χ3v) is 5.53. The van der Waals surface area contributed by atoms with E-state index in [1.807, 2.05) is 13.0 Å². The van der Waals surface area contributed by atoms with E-state index in [-0.39, 0.29) is 4.90 Å². The first kappa shape index (κ1) is 18.6. The van der Waals surface area contributed by atoms with Crippen molar-refractivity contribution in [3.8, 4) is 0 Å². The van der Waals surface area contributed by atoms with Crippen LogP contribution in [0.1, 0.15) is 5.56 Å². The fourth-order valence-corrected chi connectivity index (χ4v) is 3.87. The van der Waals surface area contributed by atoms with Crippen LogP contribution in [0.15, 0.2) is 47.5 Å². The Morgan fingerprint density at radius 1 is 1.19 bits per heavy atom. The molecule has 2 N–H and O–H groups in total. The zero-order valence-electron chi connectivity index (χ0n) is 14.8. The Morgan fingerprint density at radius 3 is 2.69 bits per heavy atom. The summed E-state index contributed by atoms with van der Waals surface area (Å²) in [5.41, 5.74) is 1.33. The number of benzene rings is 1. The van der Waals surface area contributed by atoms with Gasteiger partial charge >= 0.3 is 0 Å². The Balaban J connectivity index is 1.54. The molecule has 0 atom stereocenters. The molecule has 2 heterocycles. The largest absolute Gasteiger partial charge is 0.379 e. The first-order valence-corrected chi connectivity index (χ1v) is 10.1. The van der Waals surface area contributed by atoms with E-state index < -0.39 is 10.0 Å². The van der Waals surface area contributed by atoms with Crippen molar-refractivity contribution >= 4 is 21.5 Å². The third kappa shape index (κ3) is 5.17. The topological polar surface area (TPSA) is 83.6 Å². The summed E-state index contributed by atoms with van der Waals surface area (Å²) in [7, 11) is -3.61. The summed E-state index contributed by atoms with van der Waals surface area (Å²) >= 11 is 0. The van der Waals surface area contributed by atoms with Gasteiger partial charge in [-0.15, -0.1) is 0 Å². The zero-order valence-corrected chi connectivity index (χ0v) is 15.6. The van der Waals surface area contributed by atoms with Crippen LogP contribution in [-0.2, 0) is 14.8 Å². The lowest BCUT2D eigenvalue weighted by atomic mass is 10.2. The van der Waals surface area contributed by atoms with E-state index in [0.29, 0.717) is 5.69 Å². The van der Waals surface area contributed by atoms with Gasteiger partial charge < -0.3 is 10.1 Å². The van der Waals surface area contributed by atoms with Gasteiger partial charge in [-0.05, 0) is 36.8 Å². The molecule has 0 radical (unpaired) electrons. The fraction of sp³-hybridized carbons (Fsp3) is 0.389. The van der Waals surface area contributed by atoms with Gasteiger partial charge in [0.25, 0.3) is 10.0 Å². The molecule has 1 aromatic heterocycles. The molecule has 0 spiro atoms. The average Bonchev–Trinajstić information content (AvgIpc) is 2.64. The summed E-state index contributed by atoms with van der Waals surface area (Å²) in [6.07, 6.45) is 1.52. The van der Waals surface area contributed by atoms with Crippen molar-refractivity contribution in [3.05, 3.63) is 48.2 Å². The molecular formula is C18H24N4O3S. The van der Waals surface area contributed by atoms with E-state index in [1.165, 1.54) is 6.20 Å². The minimum absolute atomic E-state index is 0.241. The maximum Gasteiger partial charge on any atom is 0.261 e. The van der Waals surface area contributed by atoms with Gasteiger partial charge in [-0.25, -0.2) is 13.4 Å². The number of ether oxygens (including phenoxy) is 1. The second-order valence-corrected chi connectivity index (χ2v) is 7.92. The highest BCUT2D eigenvalue weighted by Gasteiger charge is 2.14. The van der Waals surface area contributed by atoms with Gasteiger partial charge in [0.2, 0.25) is 0 Å². The van der Waals surface area contributed by atoms with Gasteiger partial charge in [-0.1, -0.05) is 12.1 Å². The number of hydrogen-bond donors (Lipinski definition) is 2. The van der Waals surface area contributed by atoms with Crippen LogP contribution in [0.3, 0.4) is 0 Å². The minimum atomic E-state index is -3.61. The van der Waals surface area contributed by atoms with Crippen LogP contribution >= 0.6 is 0 Å². The number of hydrogen-bond acceptors (Lipinski definition) is 6. The smallest absolute Gasteiger partial charge is 0.261 e. The van der Waals surface area contributed by atoms with E-state index in [9.17, 15) is 8.42 Å². The van der Waals surface area contributed by atoms with Gasteiger partial charge in [0.1, 0.15) is 5.82 Å². The van der Waals surface area contributed by atoms with Crippen LogP contribution in [0.25, 0.3) is 0 Å². The van der Waals surface area contributed by atoms with Crippen LogP contribution in [0.4, 0.5) is 11.5 Å². The first-order valence-electron chi connectivity index (χ1n) is 8.62. The number of pyridine rings is 1. The summed E-state index contributed by atoms with van der Waals surface area (Å²) in [5, 5.41) is 3.25. The van der Waals surface area contributed by atoms with Gasteiger partial charge in [0, 0.05) is 26.2 Å².